The van der Waals surface area contributed by atoms with E-state index in [2.05, 4.69) is 15.9 Å². The molecule has 0 unspecified atom stereocenters. The van der Waals surface area contributed by atoms with Gasteiger partial charge in [0.1, 0.15) is 11.6 Å². The van der Waals surface area contributed by atoms with E-state index in [4.69, 9.17) is 5.73 Å². The number of rotatable bonds is 4. The van der Waals surface area contributed by atoms with E-state index in [-0.39, 0.29) is 22.2 Å². The first-order valence-corrected chi connectivity index (χ1v) is 6.95. The Kier molecular flexibility index (Phi) is 4.85. The van der Waals surface area contributed by atoms with Crippen molar-refractivity contribution in [2.45, 2.75) is 6.42 Å². The lowest BCUT2D eigenvalue weighted by molar-refractivity contribution is -0.114. The maximum Gasteiger partial charge on any atom is 0.160 e. The number of nitrogen functional groups attached to an aromatic ring is 1. The van der Waals surface area contributed by atoms with Crippen LogP contribution in [0.4, 0.5) is 14.5 Å². The van der Waals surface area contributed by atoms with E-state index >= 15 is 0 Å². The average Bonchev–Trinajstić information content (AvgIpc) is 2.47. The van der Waals surface area contributed by atoms with Gasteiger partial charge in [0, 0.05) is 17.7 Å². The molecule has 21 heavy (non-hydrogen) atoms. The average molecular weight is 352 g/mol. The lowest BCUT2D eigenvalue weighted by Crippen LogP contribution is -2.04. The van der Waals surface area contributed by atoms with E-state index in [9.17, 15) is 13.6 Å². The summed E-state index contributed by atoms with van der Waals surface area (Å²) < 4.78 is 27.4. The topological polar surface area (TPSA) is 43.1 Å². The van der Waals surface area contributed by atoms with Crippen LogP contribution in [-0.2, 0) is 11.2 Å². The molecule has 0 saturated carbocycles. The Bertz CT molecular complexity index is 696. The number of allylic oxidation sites excluding steroid dienone is 1. The van der Waals surface area contributed by atoms with Crippen LogP contribution in [0.15, 0.2) is 46.9 Å². The highest BCUT2D eigenvalue weighted by Crippen LogP contribution is 2.22. The van der Waals surface area contributed by atoms with Crippen molar-refractivity contribution in [3.05, 3.63) is 69.7 Å². The van der Waals surface area contributed by atoms with Gasteiger partial charge in [0.2, 0.25) is 0 Å². The number of hydrogen-bond acceptors (Lipinski definition) is 2. The molecule has 0 heterocycles. The number of benzene rings is 2. The van der Waals surface area contributed by atoms with E-state index < -0.39 is 11.6 Å². The van der Waals surface area contributed by atoms with Gasteiger partial charge in [-0.3, -0.25) is 4.79 Å². The minimum atomic E-state index is -0.746. The fourth-order valence-electron chi connectivity index (χ4n) is 1.76. The number of ketones is 1. The molecule has 0 amide bonds. The highest BCUT2D eigenvalue weighted by Gasteiger charge is 2.14. The summed E-state index contributed by atoms with van der Waals surface area (Å²) in [5.74, 6) is -1.86. The first-order valence-electron chi connectivity index (χ1n) is 6.16. The molecule has 0 fully saturated rings. The summed E-state index contributed by atoms with van der Waals surface area (Å²) in [6, 6.07) is 9.30. The molecule has 0 aliphatic rings. The molecule has 108 valence electrons. The van der Waals surface area contributed by atoms with Crippen molar-refractivity contribution in [3.63, 3.8) is 0 Å². The van der Waals surface area contributed by atoms with Gasteiger partial charge in [0.05, 0.1) is 4.47 Å². The molecule has 2 rings (SSSR count). The Morgan fingerprint density at radius 2 is 1.81 bits per heavy atom. The molecular formula is C16H12BrF2NO. The molecule has 0 aliphatic carbocycles. The van der Waals surface area contributed by atoms with Gasteiger partial charge in [0.15, 0.2) is 5.78 Å². The van der Waals surface area contributed by atoms with Crippen molar-refractivity contribution in [2.75, 3.05) is 5.73 Å². The fourth-order valence-corrected chi connectivity index (χ4v) is 2.13. The summed E-state index contributed by atoms with van der Waals surface area (Å²) in [4.78, 5) is 11.8. The Morgan fingerprint density at radius 1 is 1.14 bits per heavy atom. The number of nitrogens with two attached hydrogens (primary N) is 1. The van der Waals surface area contributed by atoms with Crippen LogP contribution in [0.2, 0.25) is 0 Å². The number of hydrogen-bond donors (Lipinski definition) is 1. The lowest BCUT2D eigenvalue weighted by Gasteiger charge is -2.04. The maximum atomic E-state index is 13.8. The molecule has 2 nitrogen and oxygen atoms in total. The zero-order valence-electron chi connectivity index (χ0n) is 10.9. The van der Waals surface area contributed by atoms with Gasteiger partial charge in [-0.15, -0.1) is 0 Å². The minimum absolute atomic E-state index is 0.134. The smallest absolute Gasteiger partial charge is 0.160 e. The molecule has 2 aromatic rings. The lowest BCUT2D eigenvalue weighted by atomic mass is 10.1. The normalized spacial score (nSPS) is 11.0. The predicted molar refractivity (Wildman–Crippen MR) is 82.7 cm³/mol. The summed E-state index contributed by atoms with van der Waals surface area (Å²) >= 11 is 2.97. The Hall–Kier alpha value is -2.01. The Morgan fingerprint density at radius 3 is 2.48 bits per heavy atom. The van der Waals surface area contributed by atoms with Gasteiger partial charge in [-0.05, 0) is 51.8 Å². The van der Waals surface area contributed by atoms with Gasteiger partial charge < -0.3 is 5.73 Å². The third-order valence-corrected chi connectivity index (χ3v) is 3.50. The van der Waals surface area contributed by atoms with Gasteiger partial charge in [-0.2, -0.15) is 0 Å². The second kappa shape index (κ2) is 6.63. The number of carbonyl (C=O) groups is 1. The zero-order chi connectivity index (χ0) is 15.4. The van der Waals surface area contributed by atoms with Crippen molar-refractivity contribution in [1.29, 1.82) is 0 Å². The van der Waals surface area contributed by atoms with E-state index in [0.717, 1.165) is 11.6 Å². The van der Waals surface area contributed by atoms with Gasteiger partial charge in [0.25, 0.3) is 0 Å². The highest BCUT2D eigenvalue weighted by molar-refractivity contribution is 9.10. The number of halogens is 3. The van der Waals surface area contributed by atoms with Crippen LogP contribution in [0.5, 0.6) is 0 Å². The summed E-state index contributed by atoms with van der Waals surface area (Å²) in [6.45, 7) is 0. The summed E-state index contributed by atoms with van der Waals surface area (Å²) in [5, 5.41) is 0. The van der Waals surface area contributed by atoms with Crippen molar-refractivity contribution in [3.8, 4) is 0 Å². The number of anilines is 1. The van der Waals surface area contributed by atoms with Gasteiger partial charge in [-0.1, -0.05) is 18.2 Å². The first kappa shape index (κ1) is 15.4. The van der Waals surface area contributed by atoms with Crippen LogP contribution in [0.3, 0.4) is 0 Å². The van der Waals surface area contributed by atoms with Crippen molar-refractivity contribution in [2.24, 2.45) is 0 Å². The molecule has 0 saturated heterocycles. The molecular weight excluding hydrogens is 340 g/mol. The van der Waals surface area contributed by atoms with Crippen LogP contribution in [0.25, 0.3) is 6.08 Å². The minimum Gasteiger partial charge on any atom is -0.399 e. The third kappa shape index (κ3) is 3.98. The van der Waals surface area contributed by atoms with Gasteiger partial charge >= 0.3 is 0 Å². The fraction of sp³-hybridized carbons (Fsp3) is 0.0625. The SMILES string of the molecule is Nc1ccc(/C=C/C(=O)Cc2c(F)ccc(Br)c2F)cc1. The van der Waals surface area contributed by atoms with Crippen molar-refractivity contribution >= 4 is 33.5 Å². The van der Waals surface area contributed by atoms with Crippen LogP contribution in [-0.4, -0.2) is 5.78 Å². The molecule has 0 bridgehead atoms. The quantitative estimate of drug-likeness (QED) is 0.511. The molecule has 0 aliphatic heterocycles. The summed E-state index contributed by atoms with van der Waals surface area (Å²) in [5.41, 5.74) is 6.72. The Balaban J connectivity index is 2.12. The van der Waals surface area contributed by atoms with Crippen molar-refractivity contribution < 1.29 is 13.6 Å². The van der Waals surface area contributed by atoms with E-state index in [1.165, 1.54) is 12.1 Å². The second-order valence-corrected chi connectivity index (χ2v) is 5.32. The predicted octanol–water partition coefficient (Wildman–Crippen LogP) is 4.13. The zero-order valence-corrected chi connectivity index (χ0v) is 12.5. The molecule has 0 aromatic heterocycles. The molecule has 2 N–H and O–H groups in total. The molecule has 0 spiro atoms. The van der Waals surface area contributed by atoms with Crippen LogP contribution < -0.4 is 5.73 Å². The molecule has 0 atom stereocenters. The van der Waals surface area contributed by atoms with Crippen LogP contribution >= 0.6 is 15.9 Å². The van der Waals surface area contributed by atoms with E-state index in [1.807, 2.05) is 0 Å². The third-order valence-electron chi connectivity index (χ3n) is 2.89. The monoisotopic (exact) mass is 351 g/mol. The molecule has 5 heteroatoms. The van der Waals surface area contributed by atoms with E-state index in [1.54, 1.807) is 30.3 Å². The van der Waals surface area contributed by atoms with Crippen LogP contribution in [0.1, 0.15) is 11.1 Å². The van der Waals surface area contributed by atoms with Gasteiger partial charge in [-0.25, -0.2) is 8.78 Å². The highest BCUT2D eigenvalue weighted by atomic mass is 79.9. The summed E-state index contributed by atoms with van der Waals surface area (Å²) in [6.07, 6.45) is 2.55. The maximum absolute atomic E-state index is 13.8. The van der Waals surface area contributed by atoms with Crippen LogP contribution in [0, 0.1) is 11.6 Å². The molecule has 0 radical (unpaired) electrons. The standard InChI is InChI=1S/C16H12BrF2NO/c17-14-7-8-15(18)13(16(14)19)9-12(21)6-3-10-1-4-11(20)5-2-10/h1-8H,9,20H2/b6-3+. The first-order chi connectivity index (χ1) is 9.97. The largest absolute Gasteiger partial charge is 0.399 e. The second-order valence-electron chi connectivity index (χ2n) is 4.46. The molecule has 2 aromatic carbocycles. The summed E-state index contributed by atoms with van der Waals surface area (Å²) in [7, 11) is 0. The number of carbonyl (C=O) groups excluding carboxylic acids is 1. The van der Waals surface area contributed by atoms with Crippen molar-refractivity contribution in [1.82, 2.24) is 0 Å². The Labute approximate surface area is 129 Å². The van der Waals surface area contributed by atoms with E-state index in [0.29, 0.717) is 5.69 Å².